The summed E-state index contributed by atoms with van der Waals surface area (Å²) in [6.45, 7) is 1.74. The maximum absolute atomic E-state index is 12.3. The molecule has 4 rings (SSSR count). The van der Waals surface area contributed by atoms with Crippen LogP contribution in [-0.2, 0) is 17.8 Å². The van der Waals surface area contributed by atoms with E-state index in [9.17, 15) is 4.79 Å². The number of rotatable bonds is 4. The largest absolute Gasteiger partial charge is 0.360 e. The van der Waals surface area contributed by atoms with Crippen LogP contribution >= 0.6 is 11.6 Å². The molecule has 6 heteroatoms. The summed E-state index contributed by atoms with van der Waals surface area (Å²) in [5.41, 5.74) is 3.65. The van der Waals surface area contributed by atoms with E-state index in [2.05, 4.69) is 15.4 Å². The van der Waals surface area contributed by atoms with E-state index >= 15 is 0 Å². The van der Waals surface area contributed by atoms with Gasteiger partial charge in [-0.3, -0.25) is 9.69 Å². The normalized spacial score (nSPS) is 14.0. The third-order valence-corrected chi connectivity index (χ3v) is 4.70. The van der Waals surface area contributed by atoms with Crippen molar-refractivity contribution < 1.29 is 9.32 Å². The number of anilines is 1. The highest BCUT2D eigenvalue weighted by atomic mass is 35.5. The molecule has 2 heterocycles. The third kappa shape index (κ3) is 3.64. The lowest BCUT2D eigenvalue weighted by Crippen LogP contribution is -2.36. The molecule has 1 aliphatic heterocycles. The number of nitrogens with one attached hydrogen (secondary N) is 1. The van der Waals surface area contributed by atoms with Crippen LogP contribution in [0.3, 0.4) is 0 Å². The molecule has 0 aliphatic carbocycles. The molecule has 1 aromatic heterocycles. The number of halogens is 1. The lowest BCUT2D eigenvalue weighted by molar-refractivity contribution is -0.117. The molecule has 132 valence electrons. The van der Waals surface area contributed by atoms with E-state index in [1.807, 2.05) is 54.6 Å². The Balaban J connectivity index is 1.46. The van der Waals surface area contributed by atoms with Gasteiger partial charge in [-0.2, -0.15) is 0 Å². The predicted molar refractivity (Wildman–Crippen MR) is 101 cm³/mol. The quantitative estimate of drug-likeness (QED) is 0.757. The highest BCUT2D eigenvalue weighted by molar-refractivity contribution is 6.30. The van der Waals surface area contributed by atoms with Crippen molar-refractivity contribution in [2.24, 2.45) is 0 Å². The Morgan fingerprint density at radius 2 is 1.92 bits per heavy atom. The van der Waals surface area contributed by atoms with Gasteiger partial charge in [-0.25, -0.2) is 0 Å². The van der Waals surface area contributed by atoms with Gasteiger partial charge in [-0.05, 0) is 24.3 Å². The molecular weight excluding hydrogens is 350 g/mol. The highest BCUT2D eigenvalue weighted by Crippen LogP contribution is 2.30. The number of hydrogen-bond donors (Lipinski definition) is 1. The van der Waals surface area contributed by atoms with Gasteiger partial charge in [0.1, 0.15) is 11.5 Å². The van der Waals surface area contributed by atoms with E-state index in [0.717, 1.165) is 41.2 Å². The van der Waals surface area contributed by atoms with E-state index in [1.54, 1.807) is 0 Å². The van der Waals surface area contributed by atoms with Gasteiger partial charge < -0.3 is 9.84 Å². The highest BCUT2D eigenvalue weighted by Gasteiger charge is 2.26. The number of carbonyl (C=O) groups excluding carboxylic acids is 1. The summed E-state index contributed by atoms with van der Waals surface area (Å²) in [7, 11) is 0. The minimum absolute atomic E-state index is 0.0239. The number of para-hydroxylation sites is 1. The van der Waals surface area contributed by atoms with Crippen LogP contribution in [0.4, 0.5) is 5.69 Å². The molecule has 0 radical (unpaired) electrons. The van der Waals surface area contributed by atoms with Crippen LogP contribution in [0.25, 0.3) is 11.3 Å². The fourth-order valence-corrected chi connectivity index (χ4v) is 3.29. The topological polar surface area (TPSA) is 58.4 Å². The Morgan fingerprint density at radius 1 is 1.15 bits per heavy atom. The zero-order valence-corrected chi connectivity index (χ0v) is 14.9. The molecule has 1 amide bonds. The second kappa shape index (κ2) is 7.32. The minimum atomic E-state index is -0.0239. The van der Waals surface area contributed by atoms with E-state index in [1.165, 1.54) is 0 Å². The van der Waals surface area contributed by atoms with Gasteiger partial charge in [0.15, 0.2) is 0 Å². The summed E-state index contributed by atoms with van der Waals surface area (Å²) in [6, 6.07) is 17.0. The van der Waals surface area contributed by atoms with Crippen LogP contribution in [0.5, 0.6) is 0 Å². The van der Waals surface area contributed by atoms with Crippen molar-refractivity contribution in [3.8, 4) is 11.3 Å². The minimum Gasteiger partial charge on any atom is -0.360 e. The summed E-state index contributed by atoms with van der Waals surface area (Å²) >= 11 is 5.97. The van der Waals surface area contributed by atoms with Gasteiger partial charge in [-0.1, -0.05) is 47.1 Å². The second-order valence-electron chi connectivity index (χ2n) is 6.31. The first kappa shape index (κ1) is 16.8. The van der Waals surface area contributed by atoms with E-state index in [4.69, 9.17) is 16.1 Å². The van der Waals surface area contributed by atoms with Crippen LogP contribution in [0.2, 0.25) is 5.02 Å². The van der Waals surface area contributed by atoms with Crippen molar-refractivity contribution in [1.82, 2.24) is 10.1 Å². The molecule has 0 atom stereocenters. The molecule has 2 aromatic carbocycles. The van der Waals surface area contributed by atoms with Crippen molar-refractivity contribution >= 4 is 23.2 Å². The van der Waals surface area contributed by atoms with E-state index in [0.29, 0.717) is 18.1 Å². The zero-order valence-electron chi connectivity index (χ0n) is 14.1. The van der Waals surface area contributed by atoms with Crippen molar-refractivity contribution in [1.29, 1.82) is 0 Å². The molecule has 0 saturated heterocycles. The summed E-state index contributed by atoms with van der Waals surface area (Å²) in [5.74, 6) is 0.874. The Morgan fingerprint density at radius 3 is 2.69 bits per heavy atom. The van der Waals surface area contributed by atoms with Crippen molar-refractivity contribution in [2.45, 2.75) is 13.0 Å². The molecule has 5 nitrogen and oxygen atoms in total. The number of carbonyl (C=O) groups is 1. The first-order chi connectivity index (χ1) is 12.7. The van der Waals surface area contributed by atoms with Crippen LogP contribution in [-0.4, -0.2) is 29.1 Å². The fraction of sp³-hybridized carbons (Fsp3) is 0.200. The first-order valence-electron chi connectivity index (χ1n) is 8.49. The Bertz CT molecular complexity index is 907. The molecule has 1 N–H and O–H groups in total. The molecule has 0 fully saturated rings. The van der Waals surface area contributed by atoms with Gasteiger partial charge in [0.05, 0.1) is 6.54 Å². The summed E-state index contributed by atoms with van der Waals surface area (Å²) in [5, 5.41) is 7.84. The van der Waals surface area contributed by atoms with Crippen molar-refractivity contribution in [2.75, 3.05) is 18.4 Å². The van der Waals surface area contributed by atoms with Crippen LogP contribution in [0.1, 0.15) is 11.3 Å². The summed E-state index contributed by atoms with van der Waals surface area (Å²) in [6.07, 6.45) is 0.745. The molecule has 26 heavy (non-hydrogen) atoms. The van der Waals surface area contributed by atoms with Crippen molar-refractivity contribution in [3.63, 3.8) is 0 Å². The van der Waals surface area contributed by atoms with Crippen LogP contribution < -0.4 is 5.32 Å². The molecular formula is C20H18ClN3O2. The molecule has 1 aliphatic rings. The monoisotopic (exact) mass is 367 g/mol. The summed E-state index contributed by atoms with van der Waals surface area (Å²) in [4.78, 5) is 14.4. The van der Waals surface area contributed by atoms with Crippen LogP contribution in [0.15, 0.2) is 59.1 Å². The lowest BCUT2D eigenvalue weighted by Gasteiger charge is -2.25. The smallest absolute Gasteiger partial charge is 0.238 e. The fourth-order valence-electron chi connectivity index (χ4n) is 3.16. The first-order valence-corrected chi connectivity index (χ1v) is 8.87. The number of hydrogen-bond acceptors (Lipinski definition) is 4. The van der Waals surface area contributed by atoms with Gasteiger partial charge in [0.2, 0.25) is 5.91 Å². The van der Waals surface area contributed by atoms with E-state index in [-0.39, 0.29) is 5.91 Å². The zero-order chi connectivity index (χ0) is 17.9. The van der Waals surface area contributed by atoms with Gasteiger partial charge in [0.25, 0.3) is 0 Å². The average molecular weight is 368 g/mol. The number of nitrogens with zero attached hydrogens (tertiary/aromatic N) is 2. The molecule has 0 bridgehead atoms. The number of fused-ring (bicyclic) bond motifs is 1. The predicted octanol–water partition coefficient (Wildman–Crippen LogP) is 3.99. The summed E-state index contributed by atoms with van der Waals surface area (Å²) < 4.78 is 5.51. The number of aromatic nitrogens is 1. The van der Waals surface area contributed by atoms with E-state index < -0.39 is 0 Å². The molecule has 0 unspecified atom stereocenters. The SMILES string of the molecule is O=C(CN1CCc2onc(-c3ccc(Cl)cc3)c2C1)Nc1ccccc1. The second-order valence-corrected chi connectivity index (χ2v) is 6.75. The Hall–Kier alpha value is -2.63. The van der Waals surface area contributed by atoms with Crippen LogP contribution in [0, 0.1) is 0 Å². The Labute approximate surface area is 156 Å². The molecule has 0 spiro atoms. The van der Waals surface area contributed by atoms with Crippen molar-refractivity contribution in [3.05, 3.63) is 70.9 Å². The average Bonchev–Trinajstić information content (AvgIpc) is 3.06. The van der Waals surface area contributed by atoms with Gasteiger partial charge >= 0.3 is 0 Å². The number of benzene rings is 2. The van der Waals surface area contributed by atoms with Gasteiger partial charge in [-0.15, -0.1) is 0 Å². The van der Waals surface area contributed by atoms with Gasteiger partial charge in [0, 0.05) is 41.3 Å². The maximum atomic E-state index is 12.3. The number of amides is 1. The lowest BCUT2D eigenvalue weighted by atomic mass is 10.0. The molecule has 3 aromatic rings. The standard InChI is InChI=1S/C20H18ClN3O2/c21-15-8-6-14(7-9-15)20-17-12-24(11-10-18(17)26-23-20)13-19(25)22-16-4-2-1-3-5-16/h1-9H,10-13H2,(H,22,25). The maximum Gasteiger partial charge on any atom is 0.238 e. The molecule has 0 saturated carbocycles. The third-order valence-electron chi connectivity index (χ3n) is 4.45. The Kier molecular flexibility index (Phi) is 4.73.